The first-order chi connectivity index (χ1) is 9.74. The minimum absolute atomic E-state index is 0.0370. The first-order valence-electron chi connectivity index (χ1n) is 6.79. The first-order valence-corrected chi connectivity index (χ1v) is 7.67. The Morgan fingerprint density at radius 2 is 2.15 bits per heavy atom. The highest BCUT2D eigenvalue weighted by molar-refractivity contribution is 7.11. The monoisotopic (exact) mass is 286 g/mol. The van der Waals surface area contributed by atoms with Crippen LogP contribution in [0, 0.1) is 6.92 Å². The standard InChI is InChI=1S/C14H14N4OS/c1-8-9-3-2-4-11(9)16-12-6-18(5-10(8)12)14(19)13-17-15-7-20-13/h7H,2-6H2,1H3. The smallest absolute Gasteiger partial charge is 0.285 e. The number of carbonyl (C=O) groups is 1. The zero-order chi connectivity index (χ0) is 13.7. The van der Waals surface area contributed by atoms with Crippen LogP contribution >= 0.6 is 11.3 Å². The molecule has 0 saturated carbocycles. The molecular formula is C14H14N4OS. The Bertz CT molecular complexity index is 696. The molecule has 1 aliphatic carbocycles. The van der Waals surface area contributed by atoms with Gasteiger partial charge in [-0.2, -0.15) is 0 Å². The summed E-state index contributed by atoms with van der Waals surface area (Å²) in [6, 6.07) is 0. The van der Waals surface area contributed by atoms with Crippen LogP contribution in [0.4, 0.5) is 0 Å². The van der Waals surface area contributed by atoms with Gasteiger partial charge in [0.05, 0.1) is 12.2 Å². The quantitative estimate of drug-likeness (QED) is 0.803. The van der Waals surface area contributed by atoms with Crippen LogP contribution in [0.15, 0.2) is 5.51 Å². The lowest BCUT2D eigenvalue weighted by molar-refractivity contribution is 0.0749. The Labute approximate surface area is 120 Å². The minimum Gasteiger partial charge on any atom is -0.326 e. The lowest BCUT2D eigenvalue weighted by Gasteiger charge is -2.12. The van der Waals surface area contributed by atoms with Gasteiger partial charge in [0.25, 0.3) is 5.91 Å². The van der Waals surface area contributed by atoms with Crippen molar-refractivity contribution in [3.05, 3.63) is 38.6 Å². The highest BCUT2D eigenvalue weighted by atomic mass is 32.1. The molecular weight excluding hydrogens is 272 g/mol. The van der Waals surface area contributed by atoms with E-state index in [0.717, 1.165) is 18.5 Å². The highest BCUT2D eigenvalue weighted by Crippen LogP contribution is 2.32. The number of hydrogen-bond donors (Lipinski definition) is 0. The molecule has 0 unspecified atom stereocenters. The number of hydrogen-bond acceptors (Lipinski definition) is 5. The Hall–Kier alpha value is -1.82. The Balaban J connectivity index is 1.68. The Morgan fingerprint density at radius 1 is 1.25 bits per heavy atom. The van der Waals surface area contributed by atoms with Crippen LogP contribution in [-0.4, -0.2) is 26.0 Å². The molecule has 4 rings (SSSR count). The number of rotatable bonds is 1. The number of amides is 1. The highest BCUT2D eigenvalue weighted by Gasteiger charge is 2.30. The molecule has 2 aliphatic rings. The van der Waals surface area contributed by atoms with Crippen LogP contribution in [0.2, 0.25) is 0 Å². The number of carbonyl (C=O) groups excluding carboxylic acids is 1. The third-order valence-electron chi connectivity index (χ3n) is 4.23. The topological polar surface area (TPSA) is 59.0 Å². The van der Waals surface area contributed by atoms with Crippen LogP contribution in [-0.2, 0) is 25.9 Å². The van der Waals surface area contributed by atoms with Gasteiger partial charge in [-0.1, -0.05) is 11.3 Å². The van der Waals surface area contributed by atoms with Crippen molar-refractivity contribution in [2.45, 2.75) is 39.3 Å². The summed E-state index contributed by atoms with van der Waals surface area (Å²) in [5.41, 5.74) is 7.90. The van der Waals surface area contributed by atoms with E-state index in [9.17, 15) is 4.79 Å². The predicted octanol–water partition coefficient (Wildman–Crippen LogP) is 1.89. The molecule has 0 radical (unpaired) electrons. The molecule has 0 aromatic carbocycles. The third-order valence-corrected chi connectivity index (χ3v) is 4.91. The fraction of sp³-hybridized carbons (Fsp3) is 0.429. The molecule has 102 valence electrons. The second-order valence-electron chi connectivity index (χ2n) is 5.35. The zero-order valence-electron chi connectivity index (χ0n) is 11.2. The van der Waals surface area contributed by atoms with E-state index in [4.69, 9.17) is 4.98 Å². The molecule has 3 heterocycles. The summed E-state index contributed by atoms with van der Waals surface area (Å²) < 4.78 is 0. The molecule has 0 saturated heterocycles. The van der Waals surface area contributed by atoms with E-state index in [0.29, 0.717) is 18.1 Å². The summed E-state index contributed by atoms with van der Waals surface area (Å²) in [4.78, 5) is 18.9. The molecule has 1 amide bonds. The predicted molar refractivity (Wildman–Crippen MR) is 74.5 cm³/mol. The van der Waals surface area contributed by atoms with E-state index in [1.54, 1.807) is 5.51 Å². The molecule has 1 aliphatic heterocycles. The van der Waals surface area contributed by atoms with E-state index in [-0.39, 0.29) is 5.91 Å². The molecule has 0 spiro atoms. The maximum absolute atomic E-state index is 12.3. The maximum atomic E-state index is 12.3. The van der Waals surface area contributed by atoms with Crippen molar-refractivity contribution in [3.8, 4) is 0 Å². The van der Waals surface area contributed by atoms with Crippen molar-refractivity contribution in [2.24, 2.45) is 0 Å². The molecule has 6 heteroatoms. The normalized spacial score (nSPS) is 16.4. The summed E-state index contributed by atoms with van der Waals surface area (Å²) in [6.45, 7) is 3.42. The second-order valence-corrected chi connectivity index (χ2v) is 6.18. The van der Waals surface area contributed by atoms with E-state index < -0.39 is 0 Å². The van der Waals surface area contributed by atoms with Gasteiger partial charge >= 0.3 is 0 Å². The summed E-state index contributed by atoms with van der Waals surface area (Å²) in [7, 11) is 0. The average Bonchev–Trinajstić information content (AvgIpc) is 3.18. The molecule has 0 atom stereocenters. The number of fused-ring (bicyclic) bond motifs is 2. The van der Waals surface area contributed by atoms with Crippen molar-refractivity contribution in [1.29, 1.82) is 0 Å². The van der Waals surface area contributed by atoms with Crippen LogP contribution in [0.25, 0.3) is 0 Å². The maximum Gasteiger partial charge on any atom is 0.285 e. The van der Waals surface area contributed by atoms with Crippen molar-refractivity contribution < 1.29 is 4.79 Å². The van der Waals surface area contributed by atoms with Crippen molar-refractivity contribution >= 4 is 17.2 Å². The minimum atomic E-state index is -0.0370. The number of aryl methyl sites for hydroxylation is 1. The van der Waals surface area contributed by atoms with Gasteiger partial charge in [0.15, 0.2) is 0 Å². The third kappa shape index (κ3) is 1.67. The number of pyridine rings is 1. The summed E-state index contributed by atoms with van der Waals surface area (Å²) >= 11 is 1.29. The lowest BCUT2D eigenvalue weighted by atomic mass is 10.0. The lowest BCUT2D eigenvalue weighted by Crippen LogP contribution is -2.25. The summed E-state index contributed by atoms with van der Waals surface area (Å²) in [5.74, 6) is -0.0370. The van der Waals surface area contributed by atoms with E-state index in [2.05, 4.69) is 17.1 Å². The Kier molecular flexibility index (Phi) is 2.60. The van der Waals surface area contributed by atoms with Gasteiger partial charge in [0, 0.05) is 12.2 Å². The van der Waals surface area contributed by atoms with Crippen molar-refractivity contribution in [1.82, 2.24) is 20.1 Å². The van der Waals surface area contributed by atoms with Gasteiger partial charge in [-0.05, 0) is 42.9 Å². The van der Waals surface area contributed by atoms with Crippen LogP contribution < -0.4 is 0 Å². The molecule has 2 aromatic rings. The molecule has 0 bridgehead atoms. The Morgan fingerprint density at radius 3 is 2.95 bits per heavy atom. The van der Waals surface area contributed by atoms with Gasteiger partial charge < -0.3 is 4.90 Å². The van der Waals surface area contributed by atoms with E-state index in [1.165, 1.54) is 40.1 Å². The van der Waals surface area contributed by atoms with Crippen molar-refractivity contribution in [3.63, 3.8) is 0 Å². The average molecular weight is 286 g/mol. The first kappa shape index (κ1) is 12.0. The van der Waals surface area contributed by atoms with Gasteiger partial charge in [0.1, 0.15) is 5.51 Å². The number of nitrogens with zero attached hydrogens (tertiary/aromatic N) is 4. The number of aromatic nitrogens is 3. The van der Waals surface area contributed by atoms with Crippen LogP contribution in [0.3, 0.4) is 0 Å². The molecule has 20 heavy (non-hydrogen) atoms. The van der Waals surface area contributed by atoms with Gasteiger partial charge in [0.2, 0.25) is 5.01 Å². The molecule has 0 fully saturated rings. The van der Waals surface area contributed by atoms with Gasteiger partial charge in [-0.25, -0.2) is 0 Å². The van der Waals surface area contributed by atoms with Crippen molar-refractivity contribution in [2.75, 3.05) is 0 Å². The SMILES string of the molecule is Cc1c2c(nc3c1CN(C(=O)c1nncs1)C3)CCC2. The van der Waals surface area contributed by atoms with Crippen LogP contribution in [0.1, 0.15) is 44.3 Å². The van der Waals surface area contributed by atoms with Gasteiger partial charge in [-0.3, -0.25) is 9.78 Å². The largest absolute Gasteiger partial charge is 0.326 e. The zero-order valence-corrected chi connectivity index (χ0v) is 12.0. The molecule has 5 nitrogen and oxygen atoms in total. The molecule has 0 N–H and O–H groups in total. The summed E-state index contributed by atoms with van der Waals surface area (Å²) in [5, 5.41) is 8.06. The van der Waals surface area contributed by atoms with E-state index >= 15 is 0 Å². The molecule has 2 aromatic heterocycles. The second kappa shape index (κ2) is 4.34. The van der Waals surface area contributed by atoms with E-state index in [1.807, 2.05) is 4.90 Å². The van der Waals surface area contributed by atoms with Crippen LogP contribution in [0.5, 0.6) is 0 Å². The fourth-order valence-corrected chi connectivity index (χ4v) is 3.72. The van der Waals surface area contributed by atoms with Gasteiger partial charge in [-0.15, -0.1) is 10.2 Å². The fourth-order valence-electron chi connectivity index (χ4n) is 3.20. The summed E-state index contributed by atoms with van der Waals surface area (Å²) in [6.07, 6.45) is 3.42.